The summed E-state index contributed by atoms with van der Waals surface area (Å²) in [6, 6.07) is 3.79. The van der Waals surface area contributed by atoms with Gasteiger partial charge in [-0.25, -0.2) is 0 Å². The van der Waals surface area contributed by atoms with Crippen molar-refractivity contribution in [2.45, 2.75) is 32.7 Å². The number of likely N-dealkylation sites (tertiary alicyclic amines) is 1. The predicted molar refractivity (Wildman–Crippen MR) is 75.8 cm³/mol. The maximum absolute atomic E-state index is 12.2. The van der Waals surface area contributed by atoms with Crippen LogP contribution in [0.2, 0.25) is 0 Å². The lowest BCUT2D eigenvalue weighted by Gasteiger charge is -2.31. The Labute approximate surface area is 119 Å². The molecule has 0 aliphatic carbocycles. The lowest BCUT2D eigenvalue weighted by Crippen LogP contribution is -2.42. The minimum absolute atomic E-state index is 0.00915. The van der Waals surface area contributed by atoms with E-state index in [4.69, 9.17) is 0 Å². The topological polar surface area (TPSA) is 62.3 Å². The maximum Gasteiger partial charge on any atom is 0.223 e. The smallest absolute Gasteiger partial charge is 0.223 e. The Bertz CT molecular complexity index is 467. The number of piperidine rings is 1. The van der Waals surface area contributed by atoms with Gasteiger partial charge in [0.1, 0.15) is 0 Å². The molecule has 5 heteroatoms. The van der Waals surface area contributed by atoms with Crippen molar-refractivity contribution >= 4 is 11.8 Å². The van der Waals surface area contributed by atoms with Crippen molar-refractivity contribution in [1.82, 2.24) is 15.2 Å². The normalized spacial score (nSPS) is 17.6. The maximum atomic E-state index is 12.2. The lowest BCUT2D eigenvalue weighted by molar-refractivity contribution is -0.134. The van der Waals surface area contributed by atoms with Crippen LogP contribution < -0.4 is 5.32 Å². The van der Waals surface area contributed by atoms with Crippen LogP contribution in [0.4, 0.5) is 0 Å². The molecule has 0 radical (unpaired) electrons. The van der Waals surface area contributed by atoms with Crippen LogP contribution in [0.5, 0.6) is 0 Å². The molecule has 1 unspecified atom stereocenters. The van der Waals surface area contributed by atoms with Gasteiger partial charge in [-0.2, -0.15) is 0 Å². The number of pyridine rings is 1. The van der Waals surface area contributed by atoms with Crippen LogP contribution >= 0.6 is 0 Å². The van der Waals surface area contributed by atoms with E-state index in [1.54, 1.807) is 24.2 Å². The summed E-state index contributed by atoms with van der Waals surface area (Å²) in [5.41, 5.74) is 1.05. The van der Waals surface area contributed by atoms with Crippen molar-refractivity contribution < 1.29 is 9.59 Å². The highest BCUT2D eigenvalue weighted by Gasteiger charge is 2.26. The highest BCUT2D eigenvalue weighted by molar-refractivity contribution is 5.80. The average molecular weight is 275 g/mol. The van der Waals surface area contributed by atoms with Crippen LogP contribution in [0, 0.1) is 5.92 Å². The van der Waals surface area contributed by atoms with Crippen LogP contribution in [0.3, 0.4) is 0 Å². The van der Waals surface area contributed by atoms with Crippen molar-refractivity contribution in [2.24, 2.45) is 5.92 Å². The Morgan fingerprint density at radius 2 is 1.90 bits per heavy atom. The molecule has 0 aromatic carbocycles. The SMILES string of the molecule is CC(=O)N1CCC(C(=O)NC(C)c2ccncc2)CC1. The van der Waals surface area contributed by atoms with E-state index in [9.17, 15) is 9.59 Å². The zero-order valence-corrected chi connectivity index (χ0v) is 12.0. The highest BCUT2D eigenvalue weighted by Crippen LogP contribution is 2.19. The van der Waals surface area contributed by atoms with Crippen LogP contribution in [0.25, 0.3) is 0 Å². The van der Waals surface area contributed by atoms with Crippen molar-refractivity contribution in [2.75, 3.05) is 13.1 Å². The fourth-order valence-electron chi connectivity index (χ4n) is 2.52. The molecule has 0 saturated carbocycles. The number of aromatic nitrogens is 1. The predicted octanol–water partition coefficient (Wildman–Crippen LogP) is 1.52. The number of nitrogens with one attached hydrogen (secondary N) is 1. The van der Waals surface area contributed by atoms with E-state index in [1.807, 2.05) is 19.1 Å². The molecule has 2 amide bonds. The fourth-order valence-corrected chi connectivity index (χ4v) is 2.52. The van der Waals surface area contributed by atoms with Crippen LogP contribution in [0.1, 0.15) is 38.3 Å². The second kappa shape index (κ2) is 6.50. The molecule has 1 atom stereocenters. The average Bonchev–Trinajstić information content (AvgIpc) is 2.48. The summed E-state index contributed by atoms with van der Waals surface area (Å²) in [6.45, 7) is 4.90. The Balaban J connectivity index is 1.85. The molecule has 2 heterocycles. The molecule has 1 aliphatic rings. The number of nitrogens with zero attached hydrogens (tertiary/aromatic N) is 2. The van der Waals surface area contributed by atoms with Gasteiger partial charge >= 0.3 is 0 Å². The van der Waals surface area contributed by atoms with Gasteiger partial charge in [0.15, 0.2) is 0 Å². The molecular weight excluding hydrogens is 254 g/mol. The van der Waals surface area contributed by atoms with Gasteiger partial charge in [0.25, 0.3) is 0 Å². The third-order valence-electron chi connectivity index (χ3n) is 3.88. The summed E-state index contributed by atoms with van der Waals surface area (Å²) in [7, 11) is 0. The van der Waals surface area contributed by atoms with Crippen molar-refractivity contribution in [3.05, 3.63) is 30.1 Å². The molecule has 2 rings (SSSR count). The molecular formula is C15H21N3O2. The monoisotopic (exact) mass is 275 g/mol. The third kappa shape index (κ3) is 3.56. The molecule has 5 nitrogen and oxygen atoms in total. The van der Waals surface area contributed by atoms with Crippen LogP contribution in [-0.2, 0) is 9.59 Å². The number of carbonyl (C=O) groups is 2. The van der Waals surface area contributed by atoms with Gasteiger partial charge in [-0.1, -0.05) is 0 Å². The number of hydrogen-bond acceptors (Lipinski definition) is 3. The minimum Gasteiger partial charge on any atom is -0.349 e. The van der Waals surface area contributed by atoms with Crippen LogP contribution in [-0.4, -0.2) is 34.8 Å². The van der Waals surface area contributed by atoms with Gasteiger partial charge in [0, 0.05) is 38.3 Å². The van der Waals surface area contributed by atoms with Gasteiger partial charge in [-0.15, -0.1) is 0 Å². The summed E-state index contributed by atoms with van der Waals surface area (Å²) < 4.78 is 0. The summed E-state index contributed by atoms with van der Waals surface area (Å²) in [6.07, 6.45) is 4.94. The summed E-state index contributed by atoms with van der Waals surface area (Å²) in [5, 5.41) is 3.04. The van der Waals surface area contributed by atoms with Gasteiger partial charge < -0.3 is 10.2 Å². The third-order valence-corrected chi connectivity index (χ3v) is 3.88. The molecule has 1 aromatic rings. The van der Waals surface area contributed by atoms with E-state index in [0.29, 0.717) is 13.1 Å². The molecule has 1 aliphatic heterocycles. The van der Waals surface area contributed by atoms with Crippen molar-refractivity contribution in [3.8, 4) is 0 Å². The first-order valence-corrected chi connectivity index (χ1v) is 7.03. The molecule has 20 heavy (non-hydrogen) atoms. The highest BCUT2D eigenvalue weighted by atomic mass is 16.2. The number of carbonyl (C=O) groups excluding carboxylic acids is 2. The number of hydrogen-bond donors (Lipinski definition) is 1. The van der Waals surface area contributed by atoms with E-state index in [0.717, 1.165) is 18.4 Å². The van der Waals surface area contributed by atoms with Gasteiger partial charge in [0.2, 0.25) is 11.8 Å². The Hall–Kier alpha value is -1.91. The first-order valence-electron chi connectivity index (χ1n) is 7.03. The van der Waals surface area contributed by atoms with Crippen LogP contribution in [0.15, 0.2) is 24.5 Å². The molecule has 1 aromatic heterocycles. The van der Waals surface area contributed by atoms with E-state index in [-0.39, 0.29) is 23.8 Å². The largest absolute Gasteiger partial charge is 0.349 e. The summed E-state index contributed by atoms with van der Waals surface area (Å²) in [5.74, 6) is 0.182. The van der Waals surface area contributed by atoms with Gasteiger partial charge in [-0.3, -0.25) is 14.6 Å². The molecule has 0 spiro atoms. The van der Waals surface area contributed by atoms with Crippen molar-refractivity contribution in [1.29, 1.82) is 0 Å². The number of amides is 2. The minimum atomic E-state index is -0.0173. The Morgan fingerprint density at radius 3 is 2.45 bits per heavy atom. The Kier molecular flexibility index (Phi) is 4.71. The van der Waals surface area contributed by atoms with E-state index < -0.39 is 0 Å². The zero-order valence-electron chi connectivity index (χ0n) is 12.0. The number of rotatable bonds is 3. The fraction of sp³-hybridized carbons (Fsp3) is 0.533. The standard InChI is InChI=1S/C15H21N3O2/c1-11(13-3-7-16-8-4-13)17-15(20)14-5-9-18(10-6-14)12(2)19/h3-4,7-8,11,14H,5-6,9-10H2,1-2H3,(H,17,20). The van der Waals surface area contributed by atoms with Gasteiger partial charge in [0.05, 0.1) is 6.04 Å². The summed E-state index contributed by atoms with van der Waals surface area (Å²) in [4.78, 5) is 29.3. The molecule has 0 bridgehead atoms. The molecule has 1 saturated heterocycles. The first-order chi connectivity index (χ1) is 9.58. The first kappa shape index (κ1) is 14.5. The second-order valence-electron chi connectivity index (χ2n) is 5.29. The molecule has 1 fully saturated rings. The quantitative estimate of drug-likeness (QED) is 0.909. The van der Waals surface area contributed by atoms with E-state index in [1.165, 1.54) is 0 Å². The summed E-state index contributed by atoms with van der Waals surface area (Å²) >= 11 is 0. The Morgan fingerprint density at radius 1 is 1.30 bits per heavy atom. The lowest BCUT2D eigenvalue weighted by atomic mass is 9.95. The van der Waals surface area contributed by atoms with E-state index >= 15 is 0 Å². The molecule has 108 valence electrons. The van der Waals surface area contributed by atoms with E-state index in [2.05, 4.69) is 10.3 Å². The molecule has 1 N–H and O–H groups in total. The van der Waals surface area contributed by atoms with Crippen molar-refractivity contribution in [3.63, 3.8) is 0 Å². The van der Waals surface area contributed by atoms with Gasteiger partial charge in [-0.05, 0) is 37.5 Å². The zero-order chi connectivity index (χ0) is 14.5. The second-order valence-corrected chi connectivity index (χ2v) is 5.29.